The maximum atomic E-state index is 11.9. The van der Waals surface area contributed by atoms with Gasteiger partial charge in [-0.15, -0.1) is 0 Å². The Morgan fingerprint density at radius 1 is 1.39 bits per heavy atom. The van der Waals surface area contributed by atoms with Crippen molar-refractivity contribution in [3.05, 3.63) is 35.4 Å². The van der Waals surface area contributed by atoms with E-state index in [0.29, 0.717) is 17.7 Å². The summed E-state index contributed by atoms with van der Waals surface area (Å²) in [5, 5.41) is 3.04. The standard InChI is InChI=1S/C14H20N2OS/c1-18-14(6-7-14)10-16-13(17)8-11-4-2-3-5-12(11)9-15/h2-5H,6-10,15H2,1H3,(H,16,17). The number of nitrogens with one attached hydrogen (secondary N) is 1. The van der Waals surface area contributed by atoms with Crippen LogP contribution in [-0.4, -0.2) is 23.5 Å². The van der Waals surface area contributed by atoms with Gasteiger partial charge in [0.1, 0.15) is 0 Å². The number of nitrogens with two attached hydrogens (primary N) is 1. The summed E-state index contributed by atoms with van der Waals surface area (Å²) in [5.41, 5.74) is 7.75. The molecule has 0 saturated heterocycles. The maximum Gasteiger partial charge on any atom is 0.224 e. The van der Waals surface area contributed by atoms with E-state index in [0.717, 1.165) is 17.7 Å². The molecule has 1 amide bonds. The summed E-state index contributed by atoms with van der Waals surface area (Å²) < 4.78 is 0.322. The van der Waals surface area contributed by atoms with E-state index in [2.05, 4.69) is 11.6 Å². The van der Waals surface area contributed by atoms with Gasteiger partial charge < -0.3 is 11.1 Å². The van der Waals surface area contributed by atoms with Crippen LogP contribution in [-0.2, 0) is 17.8 Å². The summed E-state index contributed by atoms with van der Waals surface area (Å²) in [6, 6.07) is 7.86. The summed E-state index contributed by atoms with van der Waals surface area (Å²) in [6.45, 7) is 1.27. The van der Waals surface area contributed by atoms with E-state index in [4.69, 9.17) is 5.73 Å². The lowest BCUT2D eigenvalue weighted by atomic mass is 10.0. The van der Waals surface area contributed by atoms with Crippen molar-refractivity contribution in [1.82, 2.24) is 5.32 Å². The Kier molecular flexibility index (Phi) is 4.30. The average molecular weight is 264 g/mol. The molecule has 1 fully saturated rings. The minimum Gasteiger partial charge on any atom is -0.354 e. The molecule has 3 N–H and O–H groups in total. The van der Waals surface area contributed by atoms with Crippen molar-refractivity contribution in [3.8, 4) is 0 Å². The van der Waals surface area contributed by atoms with E-state index < -0.39 is 0 Å². The number of carbonyl (C=O) groups excluding carboxylic acids is 1. The lowest BCUT2D eigenvalue weighted by Crippen LogP contribution is -2.33. The van der Waals surface area contributed by atoms with Gasteiger partial charge in [0.2, 0.25) is 5.91 Å². The third-order valence-corrected chi connectivity index (χ3v) is 4.96. The molecule has 1 aromatic rings. The summed E-state index contributed by atoms with van der Waals surface area (Å²) in [4.78, 5) is 11.9. The van der Waals surface area contributed by atoms with Crippen LogP contribution in [0.5, 0.6) is 0 Å². The molecule has 1 saturated carbocycles. The fourth-order valence-electron chi connectivity index (χ4n) is 2.02. The molecule has 3 nitrogen and oxygen atoms in total. The largest absolute Gasteiger partial charge is 0.354 e. The smallest absolute Gasteiger partial charge is 0.224 e. The lowest BCUT2D eigenvalue weighted by molar-refractivity contribution is -0.120. The van der Waals surface area contributed by atoms with Gasteiger partial charge in [0.15, 0.2) is 0 Å². The molecule has 0 spiro atoms. The molecule has 98 valence electrons. The molecule has 0 aliphatic heterocycles. The van der Waals surface area contributed by atoms with Crippen molar-refractivity contribution in [3.63, 3.8) is 0 Å². The van der Waals surface area contributed by atoms with E-state index >= 15 is 0 Å². The first-order valence-electron chi connectivity index (χ1n) is 6.28. The van der Waals surface area contributed by atoms with Crippen molar-refractivity contribution >= 4 is 17.7 Å². The van der Waals surface area contributed by atoms with Crippen molar-refractivity contribution in [2.75, 3.05) is 12.8 Å². The van der Waals surface area contributed by atoms with Gasteiger partial charge in [0.25, 0.3) is 0 Å². The van der Waals surface area contributed by atoms with Gasteiger partial charge in [0, 0.05) is 17.8 Å². The topological polar surface area (TPSA) is 55.1 Å². The second kappa shape index (κ2) is 5.76. The van der Waals surface area contributed by atoms with Gasteiger partial charge in [-0.1, -0.05) is 24.3 Å². The first kappa shape index (κ1) is 13.4. The molecule has 1 aliphatic carbocycles. The molecule has 0 aromatic heterocycles. The van der Waals surface area contributed by atoms with E-state index in [-0.39, 0.29) is 5.91 Å². The minimum atomic E-state index is 0.0937. The molecule has 1 aromatic carbocycles. The predicted molar refractivity (Wildman–Crippen MR) is 76.5 cm³/mol. The monoisotopic (exact) mass is 264 g/mol. The highest BCUT2D eigenvalue weighted by Gasteiger charge is 2.41. The Hall–Kier alpha value is -1.00. The molecule has 0 atom stereocenters. The summed E-state index contributed by atoms with van der Waals surface area (Å²) in [5.74, 6) is 0.0937. The van der Waals surface area contributed by atoms with Crippen LogP contribution in [0.25, 0.3) is 0 Å². The zero-order valence-corrected chi connectivity index (χ0v) is 11.6. The van der Waals surface area contributed by atoms with Crippen molar-refractivity contribution in [1.29, 1.82) is 0 Å². The molecular weight excluding hydrogens is 244 g/mol. The van der Waals surface area contributed by atoms with Gasteiger partial charge in [-0.25, -0.2) is 0 Å². The van der Waals surface area contributed by atoms with Crippen LogP contribution in [0.1, 0.15) is 24.0 Å². The summed E-state index contributed by atoms with van der Waals surface area (Å²) in [6.07, 6.45) is 4.97. The number of hydrogen-bond donors (Lipinski definition) is 2. The molecule has 18 heavy (non-hydrogen) atoms. The number of thioether (sulfide) groups is 1. The lowest BCUT2D eigenvalue weighted by Gasteiger charge is -2.13. The van der Waals surface area contributed by atoms with Crippen LogP contribution in [0.3, 0.4) is 0 Å². The number of benzene rings is 1. The highest BCUT2D eigenvalue weighted by molar-refractivity contribution is 8.00. The first-order valence-corrected chi connectivity index (χ1v) is 7.50. The fourth-order valence-corrected chi connectivity index (χ4v) is 2.74. The van der Waals surface area contributed by atoms with Gasteiger partial charge in [-0.05, 0) is 30.2 Å². The predicted octanol–water partition coefficient (Wildman–Crippen LogP) is 1.70. The Morgan fingerprint density at radius 3 is 2.61 bits per heavy atom. The number of carbonyl (C=O) groups is 1. The van der Waals surface area contributed by atoms with Gasteiger partial charge in [0.05, 0.1) is 6.42 Å². The quantitative estimate of drug-likeness (QED) is 0.822. The second-order valence-electron chi connectivity index (χ2n) is 4.81. The number of amides is 1. The van der Waals surface area contributed by atoms with Crippen LogP contribution < -0.4 is 11.1 Å². The molecule has 0 radical (unpaired) electrons. The Balaban J connectivity index is 1.87. The molecule has 4 heteroatoms. The van der Waals surface area contributed by atoms with E-state index in [1.54, 1.807) is 0 Å². The van der Waals surface area contributed by atoms with Crippen LogP contribution in [0.4, 0.5) is 0 Å². The summed E-state index contributed by atoms with van der Waals surface area (Å²) in [7, 11) is 0. The number of rotatable bonds is 6. The van der Waals surface area contributed by atoms with E-state index in [9.17, 15) is 4.79 Å². The van der Waals surface area contributed by atoms with Crippen molar-refractivity contribution in [2.24, 2.45) is 5.73 Å². The Labute approximate surface area is 113 Å². The highest BCUT2D eigenvalue weighted by Crippen LogP contribution is 2.46. The normalized spacial score (nSPS) is 16.3. The second-order valence-corrected chi connectivity index (χ2v) is 6.09. The zero-order valence-electron chi connectivity index (χ0n) is 10.7. The Bertz CT molecular complexity index is 430. The van der Waals surface area contributed by atoms with Crippen LogP contribution in [0.15, 0.2) is 24.3 Å². The molecule has 1 aliphatic rings. The van der Waals surface area contributed by atoms with Crippen molar-refractivity contribution < 1.29 is 4.79 Å². The fraction of sp³-hybridized carbons (Fsp3) is 0.500. The van der Waals surface area contributed by atoms with Gasteiger partial charge in [-0.2, -0.15) is 11.8 Å². The Morgan fingerprint density at radius 2 is 2.06 bits per heavy atom. The summed E-state index contributed by atoms with van der Waals surface area (Å²) >= 11 is 1.86. The number of hydrogen-bond acceptors (Lipinski definition) is 3. The third kappa shape index (κ3) is 3.27. The first-order chi connectivity index (χ1) is 8.69. The molecular formula is C14H20N2OS. The van der Waals surface area contributed by atoms with E-state index in [1.807, 2.05) is 36.0 Å². The van der Waals surface area contributed by atoms with E-state index in [1.165, 1.54) is 12.8 Å². The maximum absolute atomic E-state index is 11.9. The molecule has 0 bridgehead atoms. The van der Waals surface area contributed by atoms with Crippen molar-refractivity contribution in [2.45, 2.75) is 30.6 Å². The van der Waals surface area contributed by atoms with Gasteiger partial charge >= 0.3 is 0 Å². The molecule has 0 unspecified atom stereocenters. The molecule has 2 rings (SSSR count). The van der Waals surface area contributed by atoms with Crippen LogP contribution in [0, 0.1) is 0 Å². The van der Waals surface area contributed by atoms with Crippen LogP contribution >= 0.6 is 11.8 Å². The van der Waals surface area contributed by atoms with Crippen LogP contribution in [0.2, 0.25) is 0 Å². The van der Waals surface area contributed by atoms with Gasteiger partial charge in [-0.3, -0.25) is 4.79 Å². The average Bonchev–Trinajstić information content (AvgIpc) is 3.18. The zero-order chi connectivity index (χ0) is 13.0. The minimum absolute atomic E-state index is 0.0937. The molecule has 0 heterocycles. The SMILES string of the molecule is CSC1(CNC(=O)Cc2ccccc2CN)CC1. The third-order valence-electron chi connectivity index (χ3n) is 3.54. The highest BCUT2D eigenvalue weighted by atomic mass is 32.2.